The Kier molecular flexibility index (Phi) is 6.50. The van der Waals surface area contributed by atoms with Crippen LogP contribution in [0.5, 0.6) is 0 Å². The molecule has 0 bridgehead atoms. The SMILES string of the molecule is CCC(NC(=O)OCc1ccccc1)c1nc2c(c(=O)n1-c1ccccc1)=C(C)CCC=2. The Balaban J connectivity index is 1.72. The van der Waals surface area contributed by atoms with Crippen molar-refractivity contribution in [3.8, 4) is 5.69 Å². The van der Waals surface area contributed by atoms with E-state index in [0.29, 0.717) is 22.8 Å². The van der Waals surface area contributed by atoms with E-state index >= 15 is 0 Å². The summed E-state index contributed by atoms with van der Waals surface area (Å²) in [5.41, 5.74) is 2.56. The zero-order valence-electron chi connectivity index (χ0n) is 18.4. The van der Waals surface area contributed by atoms with Gasteiger partial charge in [-0.05, 0) is 43.9 Å². The molecule has 1 aromatic heterocycles. The zero-order valence-corrected chi connectivity index (χ0v) is 18.4. The molecule has 1 unspecified atom stereocenters. The largest absolute Gasteiger partial charge is 0.445 e. The Labute approximate surface area is 186 Å². The average molecular weight is 430 g/mol. The molecule has 4 rings (SSSR count). The molecule has 1 aliphatic rings. The van der Waals surface area contributed by atoms with Crippen LogP contribution < -0.4 is 21.4 Å². The summed E-state index contributed by atoms with van der Waals surface area (Å²) >= 11 is 0. The lowest BCUT2D eigenvalue weighted by molar-refractivity contribution is 0.134. The van der Waals surface area contributed by atoms with Crippen LogP contribution in [-0.4, -0.2) is 15.6 Å². The molecular formula is C26H27N3O3. The van der Waals surface area contributed by atoms with E-state index in [4.69, 9.17) is 9.72 Å². The van der Waals surface area contributed by atoms with Gasteiger partial charge >= 0.3 is 6.09 Å². The maximum atomic E-state index is 13.6. The number of aromatic nitrogens is 2. The number of alkyl carbamates (subject to hydrolysis) is 1. The average Bonchev–Trinajstić information content (AvgIpc) is 2.82. The molecule has 1 heterocycles. The third kappa shape index (κ3) is 4.49. The van der Waals surface area contributed by atoms with Gasteiger partial charge in [-0.15, -0.1) is 0 Å². The summed E-state index contributed by atoms with van der Waals surface area (Å²) in [5.74, 6) is 0.505. The molecule has 2 aromatic carbocycles. The summed E-state index contributed by atoms with van der Waals surface area (Å²) in [5, 5.41) is 4.26. The van der Waals surface area contributed by atoms with E-state index in [1.807, 2.05) is 80.6 Å². The Morgan fingerprint density at radius 1 is 1.12 bits per heavy atom. The minimum atomic E-state index is -0.543. The number of carbonyl (C=O) groups is 1. The van der Waals surface area contributed by atoms with Gasteiger partial charge in [-0.3, -0.25) is 9.36 Å². The van der Waals surface area contributed by atoms with Crippen molar-refractivity contribution in [1.29, 1.82) is 0 Å². The number of benzene rings is 2. The van der Waals surface area contributed by atoms with E-state index in [2.05, 4.69) is 5.32 Å². The Hall–Kier alpha value is -3.67. The molecule has 3 aromatic rings. The summed E-state index contributed by atoms with van der Waals surface area (Å²) in [6.07, 6.45) is 3.71. The van der Waals surface area contributed by atoms with Crippen LogP contribution in [-0.2, 0) is 11.3 Å². The van der Waals surface area contributed by atoms with Crippen LogP contribution in [0.2, 0.25) is 0 Å². The number of rotatable bonds is 6. The second kappa shape index (κ2) is 9.64. The van der Waals surface area contributed by atoms with Crippen molar-refractivity contribution in [1.82, 2.24) is 14.9 Å². The molecule has 1 aliphatic carbocycles. The van der Waals surface area contributed by atoms with Gasteiger partial charge in [0.25, 0.3) is 5.56 Å². The third-order valence-electron chi connectivity index (χ3n) is 5.66. The molecular weight excluding hydrogens is 402 g/mol. The lowest BCUT2D eigenvalue weighted by Gasteiger charge is -2.22. The summed E-state index contributed by atoms with van der Waals surface area (Å²) in [6.45, 7) is 4.11. The first-order valence-corrected chi connectivity index (χ1v) is 10.9. The van der Waals surface area contributed by atoms with Gasteiger partial charge in [0.2, 0.25) is 0 Å². The molecule has 0 saturated carbocycles. The number of nitrogens with one attached hydrogen (secondary N) is 1. The topological polar surface area (TPSA) is 73.2 Å². The molecule has 1 N–H and O–H groups in total. The number of para-hydroxylation sites is 1. The number of carbonyl (C=O) groups excluding carboxylic acids is 1. The molecule has 0 fully saturated rings. The fourth-order valence-corrected chi connectivity index (χ4v) is 3.97. The smallest absolute Gasteiger partial charge is 0.408 e. The summed E-state index contributed by atoms with van der Waals surface area (Å²) in [4.78, 5) is 31.0. The number of amides is 1. The van der Waals surface area contributed by atoms with Crippen LogP contribution >= 0.6 is 0 Å². The Morgan fingerprint density at radius 2 is 1.81 bits per heavy atom. The van der Waals surface area contributed by atoms with Crippen molar-refractivity contribution in [3.63, 3.8) is 0 Å². The molecule has 0 saturated heterocycles. The standard InChI is InChI=1S/C26H27N3O3/c1-3-21(28-26(31)32-17-19-12-6-4-7-13-19)24-27-22-16-10-11-18(2)23(22)25(30)29(24)20-14-8-5-9-15-20/h4-9,12-16,21H,3,10-11,17H2,1-2H3,(H,28,31). The van der Waals surface area contributed by atoms with Gasteiger partial charge in [-0.2, -0.15) is 0 Å². The maximum absolute atomic E-state index is 13.6. The van der Waals surface area contributed by atoms with Crippen LogP contribution in [0.4, 0.5) is 4.79 Å². The molecule has 32 heavy (non-hydrogen) atoms. The molecule has 1 atom stereocenters. The van der Waals surface area contributed by atoms with Gasteiger partial charge in [-0.1, -0.05) is 67.1 Å². The predicted octanol–water partition coefficient (Wildman–Crippen LogP) is 3.35. The Morgan fingerprint density at radius 3 is 2.50 bits per heavy atom. The van der Waals surface area contributed by atoms with Crippen molar-refractivity contribution in [2.24, 2.45) is 0 Å². The van der Waals surface area contributed by atoms with Crippen molar-refractivity contribution in [2.75, 3.05) is 0 Å². The molecule has 0 spiro atoms. The summed E-state index contributed by atoms with van der Waals surface area (Å²) in [6, 6.07) is 18.5. The number of hydrogen-bond acceptors (Lipinski definition) is 4. The van der Waals surface area contributed by atoms with Gasteiger partial charge in [0, 0.05) is 0 Å². The summed E-state index contributed by atoms with van der Waals surface area (Å²) in [7, 11) is 0. The second-order valence-corrected chi connectivity index (χ2v) is 7.90. The van der Waals surface area contributed by atoms with Crippen molar-refractivity contribution in [3.05, 3.63) is 93.0 Å². The number of nitrogens with zero attached hydrogens (tertiary/aromatic N) is 2. The van der Waals surface area contributed by atoms with E-state index in [0.717, 1.165) is 29.7 Å². The zero-order chi connectivity index (χ0) is 22.5. The maximum Gasteiger partial charge on any atom is 0.408 e. The fourth-order valence-electron chi connectivity index (χ4n) is 3.97. The first kappa shape index (κ1) is 21.6. The minimum absolute atomic E-state index is 0.109. The number of fused-ring (bicyclic) bond motifs is 1. The first-order valence-electron chi connectivity index (χ1n) is 10.9. The molecule has 6 heteroatoms. The molecule has 6 nitrogen and oxygen atoms in total. The van der Waals surface area contributed by atoms with Gasteiger partial charge in [-0.25, -0.2) is 9.78 Å². The van der Waals surface area contributed by atoms with E-state index in [1.54, 1.807) is 4.57 Å². The van der Waals surface area contributed by atoms with Crippen molar-refractivity contribution in [2.45, 2.75) is 45.8 Å². The highest BCUT2D eigenvalue weighted by molar-refractivity contribution is 5.67. The quantitative estimate of drug-likeness (QED) is 0.652. The van der Waals surface area contributed by atoms with Crippen molar-refractivity contribution >= 4 is 17.7 Å². The predicted molar refractivity (Wildman–Crippen MR) is 125 cm³/mol. The highest BCUT2D eigenvalue weighted by Crippen LogP contribution is 2.17. The molecule has 1 amide bonds. The van der Waals surface area contributed by atoms with Gasteiger partial charge in [0.1, 0.15) is 12.4 Å². The Bertz CT molecular complexity index is 1280. The molecule has 164 valence electrons. The number of ether oxygens (including phenoxy) is 1. The molecule has 0 aliphatic heterocycles. The van der Waals surface area contributed by atoms with Gasteiger partial charge in [0.05, 0.1) is 22.3 Å². The highest BCUT2D eigenvalue weighted by Gasteiger charge is 2.22. The lowest BCUT2D eigenvalue weighted by atomic mass is 10.0. The summed E-state index contributed by atoms with van der Waals surface area (Å²) < 4.78 is 7.03. The van der Waals surface area contributed by atoms with Crippen LogP contribution in [0, 0.1) is 0 Å². The van der Waals surface area contributed by atoms with Gasteiger partial charge < -0.3 is 10.1 Å². The fraction of sp³-hybridized carbons (Fsp3) is 0.269. The van der Waals surface area contributed by atoms with Gasteiger partial charge in [0.15, 0.2) is 0 Å². The monoisotopic (exact) mass is 429 g/mol. The highest BCUT2D eigenvalue weighted by atomic mass is 16.5. The van der Waals surface area contributed by atoms with Crippen LogP contribution in [0.15, 0.2) is 65.5 Å². The van der Waals surface area contributed by atoms with Crippen LogP contribution in [0.1, 0.15) is 50.5 Å². The van der Waals surface area contributed by atoms with E-state index < -0.39 is 12.1 Å². The van der Waals surface area contributed by atoms with E-state index in [9.17, 15) is 9.59 Å². The molecule has 0 radical (unpaired) electrons. The lowest BCUT2D eigenvalue weighted by Crippen LogP contribution is -2.51. The van der Waals surface area contributed by atoms with E-state index in [-0.39, 0.29) is 12.2 Å². The van der Waals surface area contributed by atoms with Crippen LogP contribution in [0.25, 0.3) is 17.3 Å². The van der Waals surface area contributed by atoms with E-state index in [1.165, 1.54) is 0 Å². The number of hydrogen-bond donors (Lipinski definition) is 1. The first-order chi connectivity index (χ1) is 15.6. The normalized spacial score (nSPS) is 13.6. The van der Waals surface area contributed by atoms with Crippen LogP contribution in [0.3, 0.4) is 0 Å². The van der Waals surface area contributed by atoms with Crippen molar-refractivity contribution < 1.29 is 9.53 Å². The third-order valence-corrected chi connectivity index (χ3v) is 5.66. The minimum Gasteiger partial charge on any atom is -0.445 e. The second-order valence-electron chi connectivity index (χ2n) is 7.90.